The van der Waals surface area contributed by atoms with Crippen LogP contribution in [0.2, 0.25) is 0 Å². The molecule has 0 aliphatic carbocycles. The van der Waals surface area contributed by atoms with Crippen LogP contribution in [0.1, 0.15) is 23.6 Å². The van der Waals surface area contributed by atoms with Crippen molar-refractivity contribution < 1.29 is 9.18 Å². The second-order valence-electron chi connectivity index (χ2n) is 7.08. The van der Waals surface area contributed by atoms with Gasteiger partial charge in [0.25, 0.3) is 5.91 Å². The highest BCUT2D eigenvalue weighted by atomic mass is 19.1. The molecule has 0 N–H and O–H groups in total. The lowest BCUT2D eigenvalue weighted by atomic mass is 9.98. The number of likely N-dealkylation sites (N-methyl/N-ethyl adjacent to an activating group) is 1. The number of anilines is 1. The maximum atomic E-state index is 14.5. The van der Waals surface area contributed by atoms with Gasteiger partial charge >= 0.3 is 0 Å². The third kappa shape index (κ3) is 4.04. The third-order valence-electron chi connectivity index (χ3n) is 5.11. The summed E-state index contributed by atoms with van der Waals surface area (Å²) in [6.45, 7) is 0.153. The van der Waals surface area contributed by atoms with Gasteiger partial charge in [0.15, 0.2) is 0 Å². The first-order valence-electron chi connectivity index (χ1n) is 9.59. The van der Waals surface area contributed by atoms with E-state index in [2.05, 4.69) is 5.10 Å². The van der Waals surface area contributed by atoms with Gasteiger partial charge < -0.3 is 4.90 Å². The smallest absolute Gasteiger partial charge is 0.262 e. The van der Waals surface area contributed by atoms with Gasteiger partial charge in [-0.2, -0.15) is 5.10 Å². The zero-order valence-corrected chi connectivity index (χ0v) is 16.2. The van der Waals surface area contributed by atoms with Crippen LogP contribution in [0.4, 0.5) is 10.1 Å². The molecule has 0 spiro atoms. The van der Waals surface area contributed by atoms with Crippen LogP contribution in [0.15, 0.2) is 90.0 Å². The fraction of sp³-hybridized carbons (Fsp3) is 0.167. The molecule has 1 amide bonds. The molecule has 1 aliphatic heterocycles. The Morgan fingerprint density at radius 1 is 1.00 bits per heavy atom. The summed E-state index contributed by atoms with van der Waals surface area (Å²) in [6, 6.07) is 25.6. The molecule has 3 aromatic rings. The van der Waals surface area contributed by atoms with Gasteiger partial charge in [-0.1, -0.05) is 66.7 Å². The van der Waals surface area contributed by atoms with Crippen LogP contribution in [0.25, 0.3) is 0 Å². The Morgan fingerprint density at radius 3 is 2.31 bits per heavy atom. The molecule has 1 aliphatic rings. The largest absolute Gasteiger partial charge is 0.365 e. The van der Waals surface area contributed by atoms with Crippen molar-refractivity contribution >= 4 is 17.3 Å². The first-order valence-corrected chi connectivity index (χ1v) is 9.59. The number of rotatable bonds is 5. The average Bonchev–Trinajstić information content (AvgIpc) is 3.21. The van der Waals surface area contributed by atoms with E-state index in [9.17, 15) is 9.18 Å². The van der Waals surface area contributed by atoms with E-state index in [1.807, 2.05) is 72.6 Å². The predicted molar refractivity (Wildman–Crippen MR) is 113 cm³/mol. The zero-order valence-electron chi connectivity index (χ0n) is 16.2. The summed E-state index contributed by atoms with van der Waals surface area (Å²) in [7, 11) is 1.86. The van der Waals surface area contributed by atoms with Gasteiger partial charge in [-0.3, -0.25) is 4.79 Å². The van der Waals surface area contributed by atoms with Gasteiger partial charge in [0, 0.05) is 24.7 Å². The molecule has 4 nitrogen and oxygen atoms in total. The minimum Gasteiger partial charge on any atom is -0.365 e. The normalized spacial score (nSPS) is 15.9. The quantitative estimate of drug-likeness (QED) is 0.639. The Balaban J connectivity index is 1.63. The number of halogens is 1. The highest BCUT2D eigenvalue weighted by molar-refractivity contribution is 6.03. The number of amides is 1. The summed E-state index contributed by atoms with van der Waals surface area (Å²) in [5.74, 6) is -0.494. The third-order valence-corrected chi connectivity index (χ3v) is 5.11. The molecule has 4 rings (SSSR count). The maximum absolute atomic E-state index is 14.5. The maximum Gasteiger partial charge on any atom is 0.262 e. The monoisotopic (exact) mass is 387 g/mol. The van der Waals surface area contributed by atoms with E-state index >= 15 is 0 Å². The highest BCUT2D eigenvalue weighted by Gasteiger charge is 2.34. The number of carbonyl (C=O) groups is 1. The van der Waals surface area contributed by atoms with Crippen LogP contribution in [0.3, 0.4) is 0 Å². The van der Waals surface area contributed by atoms with E-state index in [-0.39, 0.29) is 18.3 Å². The SMILES string of the molecule is CN(CC(=O)N1N=C(c2ccccc2)CC1c1ccccc1F)c1ccccc1. The van der Waals surface area contributed by atoms with E-state index in [1.54, 1.807) is 18.2 Å². The summed E-state index contributed by atoms with van der Waals surface area (Å²) >= 11 is 0. The Labute approximate surface area is 169 Å². The fourth-order valence-corrected chi connectivity index (χ4v) is 3.58. The molecule has 146 valence electrons. The molecule has 3 aromatic carbocycles. The Kier molecular flexibility index (Phi) is 5.38. The Hall–Kier alpha value is -3.47. The zero-order chi connectivity index (χ0) is 20.2. The second kappa shape index (κ2) is 8.27. The van der Waals surface area contributed by atoms with Crippen LogP contribution in [-0.2, 0) is 4.79 Å². The molecule has 1 heterocycles. The summed E-state index contributed by atoms with van der Waals surface area (Å²) < 4.78 is 14.5. The van der Waals surface area contributed by atoms with E-state index in [1.165, 1.54) is 11.1 Å². The first-order chi connectivity index (χ1) is 14.1. The van der Waals surface area contributed by atoms with Gasteiger partial charge in [-0.15, -0.1) is 0 Å². The van der Waals surface area contributed by atoms with Crippen molar-refractivity contribution in [3.8, 4) is 0 Å². The number of benzene rings is 3. The molecule has 0 radical (unpaired) electrons. The molecule has 0 aromatic heterocycles. The molecule has 0 bridgehead atoms. The van der Waals surface area contributed by atoms with Crippen molar-refractivity contribution in [1.82, 2.24) is 5.01 Å². The van der Waals surface area contributed by atoms with Crippen molar-refractivity contribution in [2.45, 2.75) is 12.5 Å². The van der Waals surface area contributed by atoms with Crippen LogP contribution < -0.4 is 4.90 Å². The summed E-state index contributed by atoms with van der Waals surface area (Å²) in [5.41, 5.74) is 3.16. The van der Waals surface area contributed by atoms with Crippen LogP contribution in [0, 0.1) is 5.82 Å². The van der Waals surface area contributed by atoms with Gasteiger partial charge in [-0.25, -0.2) is 9.40 Å². The predicted octanol–water partition coefficient (Wildman–Crippen LogP) is 4.64. The number of hydrazone groups is 1. The van der Waals surface area contributed by atoms with Crippen molar-refractivity contribution in [3.63, 3.8) is 0 Å². The number of para-hydroxylation sites is 1. The Morgan fingerprint density at radius 2 is 1.62 bits per heavy atom. The van der Waals surface area contributed by atoms with Crippen LogP contribution in [-0.4, -0.2) is 30.2 Å². The van der Waals surface area contributed by atoms with Gasteiger partial charge in [0.2, 0.25) is 0 Å². The number of hydrogen-bond acceptors (Lipinski definition) is 3. The molecule has 5 heteroatoms. The molecule has 0 saturated heterocycles. The molecule has 1 atom stereocenters. The Bertz CT molecular complexity index is 1020. The number of hydrogen-bond donors (Lipinski definition) is 0. The van der Waals surface area contributed by atoms with Gasteiger partial charge in [-0.05, 0) is 23.8 Å². The fourth-order valence-electron chi connectivity index (χ4n) is 3.58. The first kappa shape index (κ1) is 18.9. The standard InChI is InChI=1S/C24H22FN3O/c1-27(19-12-6-3-7-13-19)17-24(29)28-23(20-14-8-9-15-21(20)25)16-22(26-28)18-10-4-2-5-11-18/h2-15,23H,16-17H2,1H3. The van der Waals surface area contributed by atoms with Crippen molar-refractivity contribution in [2.24, 2.45) is 5.10 Å². The lowest BCUT2D eigenvalue weighted by Crippen LogP contribution is -2.36. The van der Waals surface area contributed by atoms with Crippen LogP contribution >= 0.6 is 0 Å². The molecular weight excluding hydrogens is 365 g/mol. The minimum absolute atomic E-state index is 0.153. The lowest BCUT2D eigenvalue weighted by Gasteiger charge is -2.26. The van der Waals surface area contributed by atoms with Gasteiger partial charge in [0.05, 0.1) is 18.3 Å². The number of carbonyl (C=O) groups excluding carboxylic acids is 1. The lowest BCUT2D eigenvalue weighted by molar-refractivity contribution is -0.131. The van der Waals surface area contributed by atoms with Crippen molar-refractivity contribution in [3.05, 3.63) is 102 Å². The minimum atomic E-state index is -0.455. The topological polar surface area (TPSA) is 35.9 Å². The van der Waals surface area contributed by atoms with E-state index < -0.39 is 6.04 Å². The van der Waals surface area contributed by atoms with E-state index in [0.29, 0.717) is 12.0 Å². The molecule has 0 saturated carbocycles. The summed E-state index contributed by atoms with van der Waals surface area (Å²) in [6.07, 6.45) is 0.478. The average molecular weight is 387 g/mol. The van der Waals surface area contributed by atoms with Crippen LogP contribution in [0.5, 0.6) is 0 Å². The number of nitrogens with zero attached hydrogens (tertiary/aromatic N) is 3. The molecule has 0 fully saturated rings. The van der Waals surface area contributed by atoms with E-state index in [4.69, 9.17) is 0 Å². The van der Waals surface area contributed by atoms with Gasteiger partial charge in [0.1, 0.15) is 5.82 Å². The molecule has 1 unspecified atom stereocenters. The van der Waals surface area contributed by atoms with Crippen molar-refractivity contribution in [2.75, 3.05) is 18.5 Å². The van der Waals surface area contributed by atoms with E-state index in [0.717, 1.165) is 17.0 Å². The van der Waals surface area contributed by atoms with Crippen molar-refractivity contribution in [1.29, 1.82) is 0 Å². The molecule has 29 heavy (non-hydrogen) atoms. The summed E-state index contributed by atoms with van der Waals surface area (Å²) in [5, 5.41) is 6.06. The highest BCUT2D eigenvalue weighted by Crippen LogP contribution is 2.34. The second-order valence-corrected chi connectivity index (χ2v) is 7.08. The molecular formula is C24H22FN3O. The summed E-state index contributed by atoms with van der Waals surface area (Å²) in [4.78, 5) is 15.0.